The zero-order valence-electron chi connectivity index (χ0n) is 16.8. The summed E-state index contributed by atoms with van der Waals surface area (Å²) >= 11 is 0. The lowest BCUT2D eigenvalue weighted by Crippen LogP contribution is -2.56. The fourth-order valence-corrected chi connectivity index (χ4v) is 4.32. The molecule has 1 aromatic heterocycles. The Morgan fingerprint density at radius 3 is 2.42 bits per heavy atom. The summed E-state index contributed by atoms with van der Waals surface area (Å²) in [4.78, 5) is 27.8. The van der Waals surface area contributed by atoms with Gasteiger partial charge in [-0.1, -0.05) is 6.42 Å². The van der Waals surface area contributed by atoms with E-state index >= 15 is 0 Å². The molecule has 2 fully saturated rings. The normalized spacial score (nSPS) is 20.7. The van der Waals surface area contributed by atoms with Crippen molar-refractivity contribution in [1.29, 1.82) is 0 Å². The molecule has 2 aromatic rings. The lowest BCUT2D eigenvalue weighted by atomic mass is 9.89. The van der Waals surface area contributed by atoms with E-state index in [9.17, 15) is 22.8 Å². The summed E-state index contributed by atoms with van der Waals surface area (Å²) in [7, 11) is 0. The second kappa shape index (κ2) is 8.37. The molecule has 1 saturated carbocycles. The molecule has 1 aliphatic heterocycles. The molecule has 2 amide bonds. The third kappa shape index (κ3) is 4.32. The Hall–Kier alpha value is -2.81. The molecule has 0 bridgehead atoms. The number of alkyl halides is 3. The smallest absolute Gasteiger partial charge is 0.416 e. The van der Waals surface area contributed by atoms with Crippen molar-refractivity contribution in [3.63, 3.8) is 0 Å². The monoisotopic (exact) mass is 436 g/mol. The van der Waals surface area contributed by atoms with Gasteiger partial charge >= 0.3 is 6.18 Å². The Kier molecular flexibility index (Phi) is 5.79. The molecule has 166 valence electrons. The minimum absolute atomic E-state index is 0.0381. The first kappa shape index (κ1) is 21.4. The first-order chi connectivity index (χ1) is 14.8. The minimum Gasteiger partial charge on any atom is -0.467 e. The van der Waals surface area contributed by atoms with Gasteiger partial charge in [-0.05, 0) is 62.1 Å². The molecule has 0 radical (unpaired) electrons. The number of ether oxygens (including phenoxy) is 1. The van der Waals surface area contributed by atoms with E-state index < -0.39 is 29.4 Å². The van der Waals surface area contributed by atoms with Gasteiger partial charge in [0.05, 0.1) is 25.0 Å². The van der Waals surface area contributed by atoms with Gasteiger partial charge in [0.15, 0.2) is 0 Å². The van der Waals surface area contributed by atoms with Crippen LogP contribution in [0.3, 0.4) is 0 Å². The summed E-state index contributed by atoms with van der Waals surface area (Å²) in [5.74, 6) is -0.328. The number of carbonyl (C=O) groups excluding carboxylic acids is 2. The summed E-state index contributed by atoms with van der Waals surface area (Å²) in [5.41, 5.74) is -1.65. The van der Waals surface area contributed by atoms with Gasteiger partial charge in [0, 0.05) is 5.56 Å². The summed E-state index contributed by atoms with van der Waals surface area (Å²) in [6.07, 6.45) is 0.870. The Labute approximate surface area is 177 Å². The van der Waals surface area contributed by atoms with Gasteiger partial charge in [-0.2, -0.15) is 13.2 Å². The highest BCUT2D eigenvalue weighted by Crippen LogP contribution is 2.41. The molecule has 31 heavy (non-hydrogen) atoms. The highest BCUT2D eigenvalue weighted by atomic mass is 19.4. The minimum atomic E-state index is -4.49. The number of halogens is 3. The van der Waals surface area contributed by atoms with E-state index in [4.69, 9.17) is 9.15 Å². The van der Waals surface area contributed by atoms with Crippen molar-refractivity contribution < 1.29 is 31.9 Å². The topological polar surface area (TPSA) is 71.8 Å². The van der Waals surface area contributed by atoms with Crippen LogP contribution in [0.4, 0.5) is 13.2 Å². The third-order valence-corrected chi connectivity index (χ3v) is 5.89. The zero-order chi connectivity index (χ0) is 22.1. The van der Waals surface area contributed by atoms with E-state index in [1.807, 2.05) is 0 Å². The Morgan fingerprint density at radius 1 is 1.10 bits per heavy atom. The van der Waals surface area contributed by atoms with Crippen molar-refractivity contribution in [3.05, 3.63) is 59.5 Å². The van der Waals surface area contributed by atoms with Crippen LogP contribution in [0.5, 0.6) is 0 Å². The van der Waals surface area contributed by atoms with Gasteiger partial charge < -0.3 is 14.5 Å². The maximum absolute atomic E-state index is 13.4. The third-order valence-electron chi connectivity index (χ3n) is 5.89. The first-order valence-electron chi connectivity index (χ1n) is 10.3. The molecule has 1 saturated heterocycles. The number of carbonyl (C=O) groups is 2. The van der Waals surface area contributed by atoms with Crippen LogP contribution in [0.15, 0.2) is 47.1 Å². The van der Waals surface area contributed by atoms with Gasteiger partial charge in [-0.3, -0.25) is 14.5 Å². The molecule has 1 aromatic carbocycles. The largest absolute Gasteiger partial charge is 0.467 e. The highest BCUT2D eigenvalue weighted by Gasteiger charge is 2.53. The highest BCUT2D eigenvalue weighted by molar-refractivity contribution is 5.98. The summed E-state index contributed by atoms with van der Waals surface area (Å²) in [6.45, 7) is 0.202. The molecule has 2 aliphatic rings. The molecular formula is C22H23F3N2O4. The van der Waals surface area contributed by atoms with Crippen LogP contribution in [-0.4, -0.2) is 35.1 Å². The number of hydrogen-bond acceptors (Lipinski definition) is 4. The van der Waals surface area contributed by atoms with Crippen LogP contribution in [0.25, 0.3) is 0 Å². The number of nitrogens with zero attached hydrogens (tertiary/aromatic N) is 1. The lowest BCUT2D eigenvalue weighted by molar-refractivity contribution is -0.137. The molecule has 1 spiro atoms. The van der Waals surface area contributed by atoms with Crippen LogP contribution in [-0.2, 0) is 22.3 Å². The van der Waals surface area contributed by atoms with Crippen molar-refractivity contribution in [2.45, 2.75) is 56.6 Å². The second-order valence-electron chi connectivity index (χ2n) is 7.88. The zero-order valence-corrected chi connectivity index (χ0v) is 16.8. The molecule has 1 atom stereocenters. The molecule has 1 aliphatic carbocycles. The fraction of sp³-hybridized carbons (Fsp3) is 0.455. The number of hydrogen-bond donors (Lipinski definition) is 1. The van der Waals surface area contributed by atoms with Crippen LogP contribution < -0.4 is 5.32 Å². The SMILES string of the molecule is O=C(NCc1ccco1)C1COC2(CCCCC2)N1C(=O)c1ccc(C(F)(F)F)cc1. The maximum Gasteiger partial charge on any atom is 0.416 e. The van der Waals surface area contributed by atoms with Gasteiger partial charge in [-0.15, -0.1) is 0 Å². The van der Waals surface area contributed by atoms with E-state index in [0.717, 1.165) is 43.5 Å². The Morgan fingerprint density at radius 2 is 1.81 bits per heavy atom. The van der Waals surface area contributed by atoms with E-state index in [2.05, 4.69) is 5.32 Å². The van der Waals surface area contributed by atoms with Crippen molar-refractivity contribution in [1.82, 2.24) is 10.2 Å². The number of nitrogens with one attached hydrogen (secondary N) is 1. The number of benzene rings is 1. The average Bonchev–Trinajstić information content (AvgIpc) is 3.40. The van der Waals surface area contributed by atoms with Crippen molar-refractivity contribution in [2.75, 3.05) is 6.61 Å². The number of furan rings is 1. The maximum atomic E-state index is 13.4. The molecule has 6 nitrogen and oxygen atoms in total. The van der Waals surface area contributed by atoms with Gasteiger partial charge in [0.2, 0.25) is 5.91 Å². The van der Waals surface area contributed by atoms with E-state index in [1.165, 1.54) is 11.2 Å². The van der Waals surface area contributed by atoms with Gasteiger partial charge in [-0.25, -0.2) is 0 Å². The lowest BCUT2D eigenvalue weighted by Gasteiger charge is -2.41. The van der Waals surface area contributed by atoms with Crippen LogP contribution >= 0.6 is 0 Å². The quantitative estimate of drug-likeness (QED) is 0.783. The molecule has 9 heteroatoms. The summed E-state index contributed by atoms with van der Waals surface area (Å²) in [5, 5.41) is 2.76. The van der Waals surface area contributed by atoms with Crippen LogP contribution in [0.1, 0.15) is 53.8 Å². The molecule has 1 unspecified atom stereocenters. The van der Waals surface area contributed by atoms with E-state index in [-0.39, 0.29) is 24.6 Å². The molecular weight excluding hydrogens is 413 g/mol. The van der Waals surface area contributed by atoms with Crippen molar-refractivity contribution in [3.8, 4) is 0 Å². The number of rotatable bonds is 4. The first-order valence-corrected chi connectivity index (χ1v) is 10.3. The average molecular weight is 436 g/mol. The van der Waals surface area contributed by atoms with Gasteiger partial charge in [0.25, 0.3) is 5.91 Å². The Bertz CT molecular complexity index is 919. The second-order valence-corrected chi connectivity index (χ2v) is 7.88. The standard InChI is InChI=1S/C22H23F3N2O4/c23-22(24,25)16-8-6-15(7-9-16)20(29)27-18(14-31-21(27)10-2-1-3-11-21)19(28)26-13-17-5-4-12-30-17/h4-9,12,18H,1-3,10-11,13-14H2,(H,26,28). The summed E-state index contributed by atoms with van der Waals surface area (Å²) in [6, 6.07) is 6.61. The number of amides is 2. The van der Waals surface area contributed by atoms with Crippen LogP contribution in [0, 0.1) is 0 Å². The predicted octanol–water partition coefficient (Wildman–Crippen LogP) is 4.12. The molecule has 1 N–H and O–H groups in total. The van der Waals surface area contributed by atoms with Crippen molar-refractivity contribution >= 4 is 11.8 Å². The predicted molar refractivity (Wildman–Crippen MR) is 104 cm³/mol. The summed E-state index contributed by atoms with van der Waals surface area (Å²) < 4.78 is 49.9. The molecule has 4 rings (SSSR count). The molecule has 2 heterocycles. The fourth-order valence-electron chi connectivity index (χ4n) is 4.32. The Balaban J connectivity index is 1.58. The van der Waals surface area contributed by atoms with Crippen LogP contribution in [0.2, 0.25) is 0 Å². The van der Waals surface area contributed by atoms with E-state index in [1.54, 1.807) is 12.1 Å². The van der Waals surface area contributed by atoms with Crippen molar-refractivity contribution in [2.24, 2.45) is 0 Å². The van der Waals surface area contributed by atoms with Gasteiger partial charge in [0.1, 0.15) is 17.5 Å². The van der Waals surface area contributed by atoms with E-state index in [0.29, 0.717) is 18.6 Å².